The largest absolute Gasteiger partial charge is 0.310 e. The zero-order chi connectivity index (χ0) is 7.68. The fourth-order valence-corrected chi connectivity index (χ4v) is 3.58. The molecule has 1 aliphatic carbocycles. The van der Waals surface area contributed by atoms with Gasteiger partial charge in [-0.2, -0.15) is 11.8 Å². The molecule has 2 rings (SSSR count). The third-order valence-corrected chi connectivity index (χ3v) is 4.45. The summed E-state index contributed by atoms with van der Waals surface area (Å²) >= 11 is 2.19. The normalized spacial score (nSPS) is 45.0. The van der Waals surface area contributed by atoms with Crippen molar-refractivity contribution in [3.63, 3.8) is 0 Å². The van der Waals surface area contributed by atoms with Crippen molar-refractivity contribution in [1.82, 2.24) is 5.32 Å². The Kier molecular flexibility index (Phi) is 2.42. The molecule has 1 N–H and O–H groups in total. The van der Waals surface area contributed by atoms with Gasteiger partial charge in [0, 0.05) is 23.1 Å². The molecule has 0 amide bonds. The highest BCUT2D eigenvalue weighted by Crippen LogP contribution is 2.32. The summed E-state index contributed by atoms with van der Waals surface area (Å²) in [5.41, 5.74) is 0. The molecule has 3 atom stereocenters. The zero-order valence-electron chi connectivity index (χ0n) is 7.18. The van der Waals surface area contributed by atoms with Crippen molar-refractivity contribution in [1.29, 1.82) is 0 Å². The second-order valence-electron chi connectivity index (χ2n) is 3.83. The highest BCUT2D eigenvalue weighted by molar-refractivity contribution is 8.00. The van der Waals surface area contributed by atoms with Gasteiger partial charge in [0.05, 0.1) is 0 Å². The average molecular weight is 171 g/mol. The number of nitrogens with one attached hydrogen (secondary N) is 1. The van der Waals surface area contributed by atoms with Gasteiger partial charge in [-0.1, -0.05) is 12.8 Å². The van der Waals surface area contributed by atoms with E-state index in [1.807, 2.05) is 0 Å². The molecule has 0 spiro atoms. The highest BCUT2D eigenvalue weighted by atomic mass is 32.2. The van der Waals surface area contributed by atoms with Crippen LogP contribution in [-0.4, -0.2) is 23.1 Å². The van der Waals surface area contributed by atoms with Gasteiger partial charge in [-0.3, -0.25) is 0 Å². The molecule has 1 saturated carbocycles. The van der Waals surface area contributed by atoms with E-state index >= 15 is 0 Å². The Morgan fingerprint density at radius 1 is 1.27 bits per heavy atom. The minimum atomic E-state index is 0.749. The summed E-state index contributed by atoms with van der Waals surface area (Å²) in [6.07, 6.45) is 5.78. The van der Waals surface area contributed by atoms with Gasteiger partial charge in [-0.05, 0) is 19.8 Å². The first-order chi connectivity index (χ1) is 5.36. The van der Waals surface area contributed by atoms with E-state index in [1.54, 1.807) is 0 Å². The molecule has 11 heavy (non-hydrogen) atoms. The Balaban J connectivity index is 1.93. The summed E-state index contributed by atoms with van der Waals surface area (Å²) < 4.78 is 0. The predicted molar refractivity (Wildman–Crippen MR) is 51.1 cm³/mol. The lowest BCUT2D eigenvalue weighted by Crippen LogP contribution is -2.50. The molecule has 1 saturated heterocycles. The SMILES string of the molecule is CC1CSC2CCCCC2N1. The molecule has 0 aromatic heterocycles. The molecule has 0 aromatic rings. The molecule has 0 radical (unpaired) electrons. The van der Waals surface area contributed by atoms with Crippen LogP contribution in [0.2, 0.25) is 0 Å². The smallest absolute Gasteiger partial charge is 0.0201 e. The first-order valence-electron chi connectivity index (χ1n) is 4.74. The average Bonchev–Trinajstić information content (AvgIpc) is 2.04. The number of thioether (sulfide) groups is 1. The van der Waals surface area contributed by atoms with Gasteiger partial charge in [-0.25, -0.2) is 0 Å². The van der Waals surface area contributed by atoms with E-state index in [0.29, 0.717) is 0 Å². The standard InChI is InChI=1S/C9H17NS/c1-7-6-11-9-5-3-2-4-8(9)10-7/h7-10H,2-6H2,1H3. The Bertz CT molecular complexity index is 138. The molecule has 2 fully saturated rings. The van der Waals surface area contributed by atoms with Gasteiger partial charge in [0.25, 0.3) is 0 Å². The van der Waals surface area contributed by atoms with Gasteiger partial charge >= 0.3 is 0 Å². The maximum atomic E-state index is 3.70. The molecular formula is C9H17NS. The summed E-state index contributed by atoms with van der Waals surface area (Å²) in [7, 11) is 0. The Morgan fingerprint density at radius 2 is 2.09 bits per heavy atom. The van der Waals surface area contributed by atoms with E-state index in [2.05, 4.69) is 24.0 Å². The molecule has 1 heterocycles. The first kappa shape index (κ1) is 7.93. The van der Waals surface area contributed by atoms with E-state index in [4.69, 9.17) is 0 Å². The summed E-state index contributed by atoms with van der Waals surface area (Å²) in [5, 5.41) is 4.64. The van der Waals surface area contributed by atoms with Crippen molar-refractivity contribution < 1.29 is 0 Å². The monoisotopic (exact) mass is 171 g/mol. The van der Waals surface area contributed by atoms with Crippen LogP contribution in [0, 0.1) is 0 Å². The van der Waals surface area contributed by atoms with Crippen LogP contribution in [0.5, 0.6) is 0 Å². The van der Waals surface area contributed by atoms with Crippen LogP contribution in [-0.2, 0) is 0 Å². The minimum Gasteiger partial charge on any atom is -0.310 e. The molecule has 2 aliphatic rings. The molecule has 2 heteroatoms. The van der Waals surface area contributed by atoms with Crippen molar-refractivity contribution in [3.05, 3.63) is 0 Å². The second-order valence-corrected chi connectivity index (χ2v) is 5.10. The third kappa shape index (κ3) is 1.73. The molecule has 0 aromatic carbocycles. The van der Waals surface area contributed by atoms with E-state index < -0.39 is 0 Å². The van der Waals surface area contributed by atoms with Crippen molar-refractivity contribution in [2.24, 2.45) is 0 Å². The van der Waals surface area contributed by atoms with Gasteiger partial charge in [0.15, 0.2) is 0 Å². The Labute approximate surface area is 73.3 Å². The summed E-state index contributed by atoms with van der Waals surface area (Å²) in [6.45, 7) is 2.30. The van der Waals surface area contributed by atoms with Gasteiger partial charge in [0.2, 0.25) is 0 Å². The fraction of sp³-hybridized carbons (Fsp3) is 1.00. The van der Waals surface area contributed by atoms with Gasteiger partial charge in [-0.15, -0.1) is 0 Å². The first-order valence-corrected chi connectivity index (χ1v) is 5.79. The van der Waals surface area contributed by atoms with E-state index in [9.17, 15) is 0 Å². The van der Waals surface area contributed by atoms with E-state index in [-0.39, 0.29) is 0 Å². The van der Waals surface area contributed by atoms with Crippen molar-refractivity contribution in [2.45, 2.75) is 49.9 Å². The van der Waals surface area contributed by atoms with Crippen LogP contribution in [0.1, 0.15) is 32.6 Å². The second kappa shape index (κ2) is 3.36. The maximum absolute atomic E-state index is 3.70. The fourth-order valence-electron chi connectivity index (χ4n) is 2.17. The lowest BCUT2D eigenvalue weighted by molar-refractivity contribution is 0.351. The third-order valence-electron chi connectivity index (χ3n) is 2.76. The van der Waals surface area contributed by atoms with Crippen LogP contribution in [0.25, 0.3) is 0 Å². The summed E-state index contributed by atoms with van der Waals surface area (Å²) in [5.74, 6) is 1.32. The zero-order valence-corrected chi connectivity index (χ0v) is 7.99. The molecule has 64 valence electrons. The molecule has 1 aliphatic heterocycles. The van der Waals surface area contributed by atoms with Gasteiger partial charge < -0.3 is 5.32 Å². The number of rotatable bonds is 0. The predicted octanol–water partition coefficient (Wildman–Crippen LogP) is 2.02. The molecular weight excluding hydrogens is 154 g/mol. The van der Waals surface area contributed by atoms with Crippen LogP contribution in [0.3, 0.4) is 0 Å². The van der Waals surface area contributed by atoms with Crippen LogP contribution in [0.15, 0.2) is 0 Å². The van der Waals surface area contributed by atoms with Crippen LogP contribution in [0.4, 0.5) is 0 Å². The lowest BCUT2D eigenvalue weighted by atomic mass is 9.94. The molecule has 3 unspecified atom stereocenters. The molecule has 0 bridgehead atoms. The summed E-state index contributed by atoms with van der Waals surface area (Å²) in [4.78, 5) is 0. The number of hydrogen-bond acceptors (Lipinski definition) is 2. The van der Waals surface area contributed by atoms with Crippen molar-refractivity contribution in [3.8, 4) is 0 Å². The Morgan fingerprint density at radius 3 is 3.00 bits per heavy atom. The van der Waals surface area contributed by atoms with Gasteiger partial charge in [0.1, 0.15) is 0 Å². The summed E-state index contributed by atoms with van der Waals surface area (Å²) in [6, 6.07) is 1.59. The topological polar surface area (TPSA) is 12.0 Å². The van der Waals surface area contributed by atoms with Crippen LogP contribution < -0.4 is 5.32 Å². The maximum Gasteiger partial charge on any atom is 0.0201 e. The number of hydrogen-bond donors (Lipinski definition) is 1. The lowest BCUT2D eigenvalue weighted by Gasteiger charge is -2.38. The Hall–Kier alpha value is 0.310. The van der Waals surface area contributed by atoms with E-state index in [1.165, 1.54) is 31.4 Å². The van der Waals surface area contributed by atoms with Crippen molar-refractivity contribution >= 4 is 11.8 Å². The van der Waals surface area contributed by atoms with Crippen molar-refractivity contribution in [2.75, 3.05) is 5.75 Å². The highest BCUT2D eigenvalue weighted by Gasteiger charge is 2.30. The minimum absolute atomic E-state index is 0.749. The van der Waals surface area contributed by atoms with E-state index in [0.717, 1.165) is 17.3 Å². The molecule has 1 nitrogen and oxygen atoms in total. The number of fused-ring (bicyclic) bond motifs is 1. The van der Waals surface area contributed by atoms with Crippen LogP contribution >= 0.6 is 11.8 Å². The quantitative estimate of drug-likeness (QED) is 0.598.